The lowest BCUT2D eigenvalue weighted by atomic mass is 10.4. The molecule has 72 valence electrons. The summed E-state index contributed by atoms with van der Waals surface area (Å²) in [6, 6.07) is 1.98. The van der Waals surface area contributed by atoms with Crippen molar-refractivity contribution in [2.24, 2.45) is 0 Å². The van der Waals surface area contributed by atoms with Crippen LogP contribution in [0.5, 0.6) is 0 Å². The van der Waals surface area contributed by atoms with E-state index >= 15 is 0 Å². The fourth-order valence-corrected chi connectivity index (χ4v) is 1.13. The normalized spacial score (nSPS) is 9.69. The van der Waals surface area contributed by atoms with Crippen LogP contribution in [0.25, 0.3) is 0 Å². The Bertz CT molecular complexity index is 281. The molecule has 0 fully saturated rings. The lowest BCUT2D eigenvalue weighted by molar-refractivity contribution is 0.612. The van der Waals surface area contributed by atoms with E-state index in [2.05, 4.69) is 22.7 Å². The van der Waals surface area contributed by atoms with Crippen LogP contribution in [-0.2, 0) is 13.1 Å². The Hall–Kier alpha value is -1.10. The molecule has 1 rings (SSSR count). The highest BCUT2D eigenvalue weighted by molar-refractivity contribution is 7.80. The van der Waals surface area contributed by atoms with Gasteiger partial charge >= 0.3 is 0 Å². The van der Waals surface area contributed by atoms with Gasteiger partial charge < -0.3 is 10.6 Å². The van der Waals surface area contributed by atoms with Crippen molar-refractivity contribution < 1.29 is 0 Å². The van der Waals surface area contributed by atoms with Gasteiger partial charge in [-0.25, -0.2) is 0 Å². The third-order valence-corrected chi connectivity index (χ3v) is 2.11. The summed E-state index contributed by atoms with van der Waals surface area (Å²) in [5.74, 6) is 0. The lowest BCUT2D eigenvalue weighted by Crippen LogP contribution is -2.32. The van der Waals surface area contributed by atoms with E-state index in [4.69, 9.17) is 12.2 Å². The van der Waals surface area contributed by atoms with E-state index < -0.39 is 0 Å². The molecule has 1 aromatic heterocycles. The molecule has 0 aromatic carbocycles. The fourth-order valence-electron chi connectivity index (χ4n) is 1.05. The van der Waals surface area contributed by atoms with Gasteiger partial charge in [0.05, 0.1) is 12.2 Å². The van der Waals surface area contributed by atoms with E-state index in [9.17, 15) is 0 Å². The highest BCUT2D eigenvalue weighted by Crippen LogP contribution is 1.97. The minimum absolute atomic E-state index is 0.656. The Labute approximate surface area is 83.3 Å². The zero-order chi connectivity index (χ0) is 9.68. The summed E-state index contributed by atoms with van der Waals surface area (Å²) in [6.45, 7) is 3.66. The number of thiocarbonyl (C=S) groups is 1. The van der Waals surface area contributed by atoms with Crippen molar-refractivity contribution >= 4 is 17.3 Å². The maximum atomic E-state index is 4.96. The zero-order valence-corrected chi connectivity index (χ0v) is 8.69. The van der Waals surface area contributed by atoms with Crippen molar-refractivity contribution in [3.05, 3.63) is 18.0 Å². The minimum atomic E-state index is 0.656. The molecule has 0 unspecified atom stereocenters. The third kappa shape index (κ3) is 2.69. The van der Waals surface area contributed by atoms with Gasteiger partial charge in [0.15, 0.2) is 5.11 Å². The first kappa shape index (κ1) is 9.98. The van der Waals surface area contributed by atoms with Crippen LogP contribution in [0, 0.1) is 0 Å². The monoisotopic (exact) mass is 198 g/mol. The van der Waals surface area contributed by atoms with Gasteiger partial charge in [0.25, 0.3) is 0 Å². The summed E-state index contributed by atoms with van der Waals surface area (Å²) in [6.07, 6.45) is 1.79. The van der Waals surface area contributed by atoms with Crippen molar-refractivity contribution in [2.75, 3.05) is 7.05 Å². The van der Waals surface area contributed by atoms with Gasteiger partial charge in [-0.2, -0.15) is 5.10 Å². The molecule has 0 atom stereocenters. The Morgan fingerprint density at radius 2 is 2.46 bits per heavy atom. The topological polar surface area (TPSA) is 41.9 Å². The van der Waals surface area contributed by atoms with Crippen LogP contribution in [0.15, 0.2) is 12.3 Å². The summed E-state index contributed by atoms with van der Waals surface area (Å²) in [5, 5.41) is 10.7. The molecule has 0 amide bonds. The molecule has 4 nitrogen and oxygen atoms in total. The standard InChI is InChI=1S/C8H14N4S/c1-3-12-7(4-5-11-12)6-10-8(13)9-2/h4-5H,3,6H2,1-2H3,(H2,9,10,13). The molecule has 0 aliphatic rings. The molecule has 0 bridgehead atoms. The number of rotatable bonds is 3. The van der Waals surface area contributed by atoms with Crippen molar-refractivity contribution in [3.63, 3.8) is 0 Å². The predicted octanol–water partition coefficient (Wildman–Crippen LogP) is 0.497. The number of aromatic nitrogens is 2. The van der Waals surface area contributed by atoms with Crippen molar-refractivity contribution in [3.8, 4) is 0 Å². The van der Waals surface area contributed by atoms with Gasteiger partial charge in [-0.05, 0) is 25.2 Å². The minimum Gasteiger partial charge on any atom is -0.366 e. The van der Waals surface area contributed by atoms with Gasteiger partial charge in [-0.15, -0.1) is 0 Å². The van der Waals surface area contributed by atoms with Crippen molar-refractivity contribution in [2.45, 2.75) is 20.0 Å². The summed E-state index contributed by atoms with van der Waals surface area (Å²) in [7, 11) is 1.80. The van der Waals surface area contributed by atoms with Gasteiger partial charge in [-0.1, -0.05) is 0 Å². The molecule has 0 aliphatic heterocycles. The molecule has 1 aromatic rings. The summed E-state index contributed by atoms with van der Waals surface area (Å²) in [4.78, 5) is 0. The van der Waals surface area contributed by atoms with Gasteiger partial charge in [0.2, 0.25) is 0 Å². The van der Waals surface area contributed by atoms with Crippen molar-refractivity contribution in [1.82, 2.24) is 20.4 Å². The van der Waals surface area contributed by atoms with Gasteiger partial charge in [-0.3, -0.25) is 4.68 Å². The lowest BCUT2D eigenvalue weighted by Gasteiger charge is -2.07. The van der Waals surface area contributed by atoms with E-state index in [-0.39, 0.29) is 0 Å². The first-order valence-corrected chi connectivity index (χ1v) is 4.65. The van der Waals surface area contributed by atoms with Crippen LogP contribution >= 0.6 is 12.2 Å². The smallest absolute Gasteiger partial charge is 0.166 e. The van der Waals surface area contributed by atoms with Crippen molar-refractivity contribution in [1.29, 1.82) is 0 Å². The average Bonchev–Trinajstić information content (AvgIpc) is 2.61. The van der Waals surface area contributed by atoms with Gasteiger partial charge in [0, 0.05) is 19.8 Å². The van der Waals surface area contributed by atoms with Crippen LogP contribution in [0.2, 0.25) is 0 Å². The number of nitrogens with one attached hydrogen (secondary N) is 2. The Balaban J connectivity index is 2.49. The summed E-state index contributed by atoms with van der Waals surface area (Å²) < 4.78 is 1.94. The van der Waals surface area contributed by atoms with E-state index in [0.29, 0.717) is 11.7 Å². The number of hydrogen-bond donors (Lipinski definition) is 2. The first-order valence-electron chi connectivity index (χ1n) is 4.24. The Morgan fingerprint density at radius 1 is 1.69 bits per heavy atom. The molecule has 0 saturated heterocycles. The van der Waals surface area contributed by atoms with Crippen LogP contribution in [-0.4, -0.2) is 21.9 Å². The Kier molecular flexibility index (Phi) is 3.70. The van der Waals surface area contributed by atoms with Crippen LogP contribution < -0.4 is 10.6 Å². The molecule has 13 heavy (non-hydrogen) atoms. The largest absolute Gasteiger partial charge is 0.366 e. The maximum absolute atomic E-state index is 4.96. The molecule has 0 spiro atoms. The second-order valence-corrected chi connectivity index (χ2v) is 2.98. The fraction of sp³-hybridized carbons (Fsp3) is 0.500. The van der Waals surface area contributed by atoms with E-state index in [1.165, 1.54) is 0 Å². The van der Waals surface area contributed by atoms with Gasteiger partial charge in [0.1, 0.15) is 0 Å². The zero-order valence-electron chi connectivity index (χ0n) is 7.87. The second-order valence-electron chi connectivity index (χ2n) is 2.57. The van der Waals surface area contributed by atoms with E-state index in [1.807, 2.05) is 10.7 Å². The Morgan fingerprint density at radius 3 is 3.08 bits per heavy atom. The van der Waals surface area contributed by atoms with E-state index in [1.54, 1.807) is 13.2 Å². The molecular formula is C8H14N4S. The number of nitrogens with zero attached hydrogens (tertiary/aromatic N) is 2. The summed E-state index contributed by atoms with van der Waals surface area (Å²) in [5.41, 5.74) is 1.14. The molecule has 0 saturated carbocycles. The third-order valence-electron chi connectivity index (χ3n) is 1.76. The molecular weight excluding hydrogens is 184 g/mol. The first-order chi connectivity index (χ1) is 6.27. The number of aryl methyl sites for hydroxylation is 1. The molecule has 0 aliphatic carbocycles. The molecule has 2 N–H and O–H groups in total. The molecule has 1 heterocycles. The predicted molar refractivity (Wildman–Crippen MR) is 56.4 cm³/mol. The van der Waals surface area contributed by atoms with Crippen LogP contribution in [0.4, 0.5) is 0 Å². The summed E-state index contributed by atoms with van der Waals surface area (Å²) >= 11 is 4.96. The van der Waals surface area contributed by atoms with E-state index in [0.717, 1.165) is 12.2 Å². The highest BCUT2D eigenvalue weighted by atomic mass is 32.1. The second kappa shape index (κ2) is 4.81. The highest BCUT2D eigenvalue weighted by Gasteiger charge is 1.99. The quantitative estimate of drug-likeness (QED) is 0.694. The average molecular weight is 198 g/mol. The maximum Gasteiger partial charge on any atom is 0.166 e. The van der Waals surface area contributed by atoms with Crippen LogP contribution in [0.1, 0.15) is 12.6 Å². The number of hydrogen-bond acceptors (Lipinski definition) is 2. The SMILES string of the molecule is CCn1nccc1CNC(=S)NC. The molecule has 0 radical (unpaired) electrons. The molecule has 5 heteroatoms. The van der Waals surface area contributed by atoms with Crippen LogP contribution in [0.3, 0.4) is 0 Å².